The topological polar surface area (TPSA) is 102 Å². The molecule has 1 saturated heterocycles. The zero-order valence-corrected chi connectivity index (χ0v) is 17.3. The second-order valence-corrected chi connectivity index (χ2v) is 7.32. The van der Waals surface area contributed by atoms with Crippen LogP contribution in [0, 0.1) is 0 Å². The number of phenols is 1. The first kappa shape index (κ1) is 24.2. The van der Waals surface area contributed by atoms with Crippen molar-refractivity contribution >= 4 is 23.5 Å². The summed E-state index contributed by atoms with van der Waals surface area (Å²) < 4.78 is 0. The number of likely N-dealkylation sites (N-methyl/N-ethyl adjacent to an activating group) is 1. The van der Waals surface area contributed by atoms with Gasteiger partial charge in [0.15, 0.2) is 0 Å². The Morgan fingerprint density at radius 2 is 1.79 bits per heavy atom. The maximum atomic E-state index is 11.8. The molecule has 1 aromatic rings. The Labute approximate surface area is 172 Å². The van der Waals surface area contributed by atoms with Crippen molar-refractivity contribution in [1.29, 1.82) is 0 Å². The number of rotatable bonds is 9. The van der Waals surface area contributed by atoms with Crippen LogP contribution in [0.3, 0.4) is 0 Å². The standard InChI is InChI=1S/C15H20ClNO4.C5H12N2/c16-11-7-8-13(18)12(10-11)15(21)17-9-5-3-1-2-4-6-14(19)20;1-7-4-2-6-3-5-7/h7-8,10,18H,1-6,9H2,(H,17,21)(H,19,20);6H,2-5H2,1H3. The maximum Gasteiger partial charge on any atom is 0.303 e. The summed E-state index contributed by atoms with van der Waals surface area (Å²) in [6.07, 6.45) is 4.49. The van der Waals surface area contributed by atoms with Crippen LogP contribution in [0.15, 0.2) is 18.2 Å². The number of carboxylic acids is 1. The predicted octanol–water partition coefficient (Wildman–Crippen LogP) is 2.72. The number of aliphatic carboxylic acids is 1. The largest absolute Gasteiger partial charge is 0.507 e. The first-order valence-electron chi connectivity index (χ1n) is 9.78. The van der Waals surface area contributed by atoms with Crippen molar-refractivity contribution in [1.82, 2.24) is 15.5 Å². The zero-order valence-electron chi connectivity index (χ0n) is 16.5. The third-order valence-electron chi connectivity index (χ3n) is 4.40. The Kier molecular flexibility index (Phi) is 12.3. The molecule has 0 spiro atoms. The first-order valence-corrected chi connectivity index (χ1v) is 10.2. The number of nitrogens with one attached hydrogen (secondary N) is 2. The van der Waals surface area contributed by atoms with E-state index in [1.165, 1.54) is 31.3 Å². The summed E-state index contributed by atoms with van der Waals surface area (Å²) in [4.78, 5) is 24.5. The van der Waals surface area contributed by atoms with Gasteiger partial charge in [0.05, 0.1) is 5.56 Å². The highest BCUT2D eigenvalue weighted by atomic mass is 35.5. The third-order valence-corrected chi connectivity index (χ3v) is 4.63. The number of nitrogens with zero attached hydrogens (tertiary/aromatic N) is 1. The van der Waals surface area contributed by atoms with Gasteiger partial charge in [-0.2, -0.15) is 0 Å². The molecule has 1 aromatic carbocycles. The van der Waals surface area contributed by atoms with Crippen molar-refractivity contribution in [3.8, 4) is 5.75 Å². The lowest BCUT2D eigenvalue weighted by molar-refractivity contribution is -0.137. The number of carboxylic acid groups (broad SMARTS) is 1. The Morgan fingerprint density at radius 3 is 2.39 bits per heavy atom. The average molecular weight is 414 g/mol. The lowest BCUT2D eigenvalue weighted by Gasteiger charge is -2.21. The molecule has 0 bridgehead atoms. The van der Waals surface area contributed by atoms with Gasteiger partial charge in [0.1, 0.15) is 5.75 Å². The van der Waals surface area contributed by atoms with Crippen molar-refractivity contribution in [3.63, 3.8) is 0 Å². The van der Waals surface area contributed by atoms with Crippen LogP contribution in [0.5, 0.6) is 5.75 Å². The van der Waals surface area contributed by atoms with E-state index in [2.05, 4.69) is 22.6 Å². The van der Waals surface area contributed by atoms with Gasteiger partial charge in [-0.25, -0.2) is 0 Å². The molecule has 1 fully saturated rings. The number of phenolic OH excluding ortho intramolecular Hbond substituents is 1. The number of unbranched alkanes of at least 4 members (excludes halogenated alkanes) is 4. The van der Waals surface area contributed by atoms with E-state index in [0.29, 0.717) is 18.0 Å². The molecular weight excluding hydrogens is 382 g/mol. The number of aromatic hydroxyl groups is 1. The highest BCUT2D eigenvalue weighted by Gasteiger charge is 2.10. The Balaban J connectivity index is 0.000000467. The number of halogens is 1. The van der Waals surface area contributed by atoms with E-state index in [-0.39, 0.29) is 23.6 Å². The van der Waals surface area contributed by atoms with Gasteiger partial charge in [-0.15, -0.1) is 0 Å². The number of hydrogen-bond acceptors (Lipinski definition) is 5. The second-order valence-electron chi connectivity index (χ2n) is 6.88. The van der Waals surface area contributed by atoms with E-state index in [9.17, 15) is 14.7 Å². The minimum atomic E-state index is -0.761. The minimum Gasteiger partial charge on any atom is -0.507 e. The number of carbonyl (C=O) groups excluding carboxylic acids is 1. The summed E-state index contributed by atoms with van der Waals surface area (Å²) in [7, 11) is 2.15. The molecule has 2 rings (SSSR count). The van der Waals surface area contributed by atoms with Crippen molar-refractivity contribution in [2.75, 3.05) is 39.8 Å². The molecule has 158 valence electrons. The monoisotopic (exact) mass is 413 g/mol. The first-order chi connectivity index (χ1) is 13.4. The SMILES string of the molecule is CN1CCNCC1.O=C(O)CCCCCCCNC(=O)c1cc(Cl)ccc1O. The summed E-state index contributed by atoms with van der Waals surface area (Å²) in [5.74, 6) is -1.20. The molecule has 1 amide bonds. The van der Waals surface area contributed by atoms with Crippen LogP contribution in [0.4, 0.5) is 0 Å². The number of piperazine rings is 1. The fourth-order valence-corrected chi connectivity index (χ4v) is 2.87. The zero-order chi connectivity index (χ0) is 20.8. The Morgan fingerprint density at radius 1 is 1.14 bits per heavy atom. The smallest absolute Gasteiger partial charge is 0.303 e. The van der Waals surface area contributed by atoms with Gasteiger partial charge in [0.2, 0.25) is 0 Å². The van der Waals surface area contributed by atoms with E-state index >= 15 is 0 Å². The van der Waals surface area contributed by atoms with Gasteiger partial charge in [-0.3, -0.25) is 9.59 Å². The van der Waals surface area contributed by atoms with E-state index in [0.717, 1.165) is 38.8 Å². The molecule has 28 heavy (non-hydrogen) atoms. The minimum absolute atomic E-state index is 0.0921. The molecule has 0 aromatic heterocycles. The number of hydrogen-bond donors (Lipinski definition) is 4. The number of amides is 1. The van der Waals surface area contributed by atoms with Crippen molar-refractivity contribution in [3.05, 3.63) is 28.8 Å². The molecule has 1 aliphatic heterocycles. The van der Waals surface area contributed by atoms with E-state index in [4.69, 9.17) is 16.7 Å². The van der Waals surface area contributed by atoms with Gasteiger partial charge in [-0.05, 0) is 38.1 Å². The molecule has 4 N–H and O–H groups in total. The highest BCUT2D eigenvalue weighted by Crippen LogP contribution is 2.21. The molecule has 1 heterocycles. The fraction of sp³-hybridized carbons (Fsp3) is 0.600. The van der Waals surface area contributed by atoms with Crippen LogP contribution < -0.4 is 10.6 Å². The summed E-state index contributed by atoms with van der Waals surface area (Å²) in [6.45, 7) is 5.26. The van der Waals surface area contributed by atoms with Crippen molar-refractivity contribution in [2.45, 2.75) is 38.5 Å². The van der Waals surface area contributed by atoms with Crippen LogP contribution in [-0.4, -0.2) is 66.8 Å². The van der Waals surface area contributed by atoms with Gasteiger partial charge < -0.3 is 25.7 Å². The predicted molar refractivity (Wildman–Crippen MR) is 111 cm³/mol. The fourth-order valence-electron chi connectivity index (χ4n) is 2.70. The Bertz CT molecular complexity index is 607. The molecule has 1 aliphatic rings. The van der Waals surface area contributed by atoms with Crippen LogP contribution in [0.1, 0.15) is 48.9 Å². The summed E-state index contributed by atoms with van der Waals surface area (Å²) in [5.41, 5.74) is 0.170. The lowest BCUT2D eigenvalue weighted by Crippen LogP contribution is -2.40. The van der Waals surface area contributed by atoms with Gasteiger partial charge in [-0.1, -0.05) is 30.9 Å². The second kappa shape index (κ2) is 14.2. The van der Waals surface area contributed by atoms with E-state index in [1.54, 1.807) is 0 Å². The van der Waals surface area contributed by atoms with Gasteiger partial charge in [0.25, 0.3) is 5.91 Å². The molecule has 7 nitrogen and oxygen atoms in total. The van der Waals surface area contributed by atoms with Gasteiger partial charge >= 0.3 is 5.97 Å². The summed E-state index contributed by atoms with van der Waals surface area (Å²) in [5, 5.41) is 24.5. The quantitative estimate of drug-likeness (QED) is 0.464. The Hall–Kier alpha value is -1.83. The lowest BCUT2D eigenvalue weighted by atomic mass is 10.1. The molecule has 8 heteroatoms. The summed E-state index contributed by atoms with van der Waals surface area (Å²) in [6, 6.07) is 4.34. The third kappa shape index (κ3) is 11.1. The molecule has 0 aliphatic carbocycles. The normalized spacial score (nSPS) is 14.1. The van der Waals surface area contributed by atoms with Crippen LogP contribution >= 0.6 is 11.6 Å². The van der Waals surface area contributed by atoms with Crippen LogP contribution in [-0.2, 0) is 4.79 Å². The van der Waals surface area contributed by atoms with Crippen molar-refractivity contribution in [2.24, 2.45) is 0 Å². The molecule has 0 saturated carbocycles. The molecule has 0 radical (unpaired) electrons. The van der Waals surface area contributed by atoms with E-state index in [1.807, 2.05) is 0 Å². The van der Waals surface area contributed by atoms with Crippen LogP contribution in [0.2, 0.25) is 5.02 Å². The van der Waals surface area contributed by atoms with E-state index < -0.39 is 5.97 Å². The average Bonchev–Trinajstić information content (AvgIpc) is 2.66. The number of carbonyl (C=O) groups is 2. The van der Waals surface area contributed by atoms with Crippen molar-refractivity contribution < 1.29 is 19.8 Å². The molecule has 0 atom stereocenters. The number of benzene rings is 1. The molecule has 0 unspecified atom stereocenters. The van der Waals surface area contributed by atoms with Crippen LogP contribution in [0.25, 0.3) is 0 Å². The molecular formula is C20H32ClN3O4. The highest BCUT2D eigenvalue weighted by molar-refractivity contribution is 6.31. The maximum absolute atomic E-state index is 11.8. The summed E-state index contributed by atoms with van der Waals surface area (Å²) >= 11 is 5.78. The van der Waals surface area contributed by atoms with Gasteiger partial charge in [0, 0.05) is 44.2 Å².